The fourth-order valence-corrected chi connectivity index (χ4v) is 3.16. The highest BCUT2D eigenvalue weighted by Crippen LogP contribution is 2.25. The van der Waals surface area contributed by atoms with Gasteiger partial charge in [0, 0.05) is 35.8 Å². The van der Waals surface area contributed by atoms with E-state index in [-0.39, 0.29) is 12.5 Å². The van der Waals surface area contributed by atoms with Crippen LogP contribution in [0.25, 0.3) is 10.9 Å². The number of carbonyl (C=O) groups is 2. The van der Waals surface area contributed by atoms with Crippen LogP contribution in [0.3, 0.4) is 0 Å². The lowest BCUT2D eigenvalue weighted by Gasteiger charge is -2.30. The molecule has 1 aromatic carbocycles. The van der Waals surface area contributed by atoms with Crippen molar-refractivity contribution in [3.05, 3.63) is 30.0 Å². The summed E-state index contributed by atoms with van der Waals surface area (Å²) in [6.07, 6.45) is 4.71. The average Bonchev–Trinajstić information content (AvgIpc) is 2.92. The highest BCUT2D eigenvalue weighted by atomic mass is 16.5. The van der Waals surface area contributed by atoms with Gasteiger partial charge in [0.2, 0.25) is 5.91 Å². The van der Waals surface area contributed by atoms with Crippen molar-refractivity contribution in [2.75, 3.05) is 20.2 Å². The normalized spacial score (nSPS) is 15.8. The maximum absolute atomic E-state index is 12.5. The minimum Gasteiger partial charge on any atom is -0.497 e. The Kier molecular flexibility index (Phi) is 4.37. The first kappa shape index (κ1) is 15.6. The fraction of sp³-hybridized carbons (Fsp3) is 0.444. The van der Waals surface area contributed by atoms with Crippen LogP contribution in [0.5, 0.6) is 5.75 Å². The second-order valence-electron chi connectivity index (χ2n) is 6.28. The third-order valence-electron chi connectivity index (χ3n) is 4.69. The van der Waals surface area contributed by atoms with Crippen molar-refractivity contribution in [1.29, 1.82) is 0 Å². The maximum atomic E-state index is 12.5. The maximum Gasteiger partial charge on any atom is 0.242 e. The van der Waals surface area contributed by atoms with E-state index in [1.165, 1.54) is 0 Å². The van der Waals surface area contributed by atoms with E-state index in [1.807, 2.05) is 27.7 Å². The van der Waals surface area contributed by atoms with Crippen LogP contribution in [-0.4, -0.2) is 41.9 Å². The van der Waals surface area contributed by atoms with Crippen LogP contribution in [0.15, 0.2) is 24.4 Å². The molecule has 1 aliphatic rings. The number of nitrogens with zero attached hydrogens (tertiary/aromatic N) is 2. The molecular weight excluding hydrogens is 292 g/mol. The van der Waals surface area contributed by atoms with E-state index in [4.69, 9.17) is 4.74 Å². The van der Waals surface area contributed by atoms with Crippen LogP contribution in [0.2, 0.25) is 0 Å². The van der Waals surface area contributed by atoms with E-state index in [1.54, 1.807) is 13.3 Å². The summed E-state index contributed by atoms with van der Waals surface area (Å²) in [5.41, 5.74) is 1.46. The van der Waals surface area contributed by atoms with E-state index in [2.05, 4.69) is 6.92 Å². The van der Waals surface area contributed by atoms with E-state index in [0.717, 1.165) is 43.1 Å². The van der Waals surface area contributed by atoms with Gasteiger partial charge >= 0.3 is 0 Å². The molecule has 0 unspecified atom stereocenters. The molecule has 0 bridgehead atoms. The topological polar surface area (TPSA) is 51.5 Å². The van der Waals surface area contributed by atoms with Crippen LogP contribution < -0.4 is 4.74 Å². The summed E-state index contributed by atoms with van der Waals surface area (Å²) < 4.78 is 7.08. The number of hydrogen-bond donors (Lipinski definition) is 0. The Morgan fingerprint density at radius 2 is 2.09 bits per heavy atom. The number of aromatic nitrogens is 1. The van der Waals surface area contributed by atoms with Gasteiger partial charge < -0.3 is 14.2 Å². The lowest BCUT2D eigenvalue weighted by molar-refractivity contribution is -0.133. The van der Waals surface area contributed by atoms with Crippen molar-refractivity contribution in [3.8, 4) is 5.75 Å². The van der Waals surface area contributed by atoms with Crippen LogP contribution in [-0.2, 0) is 11.3 Å². The summed E-state index contributed by atoms with van der Waals surface area (Å²) in [5, 5.41) is 0.819. The van der Waals surface area contributed by atoms with Crippen molar-refractivity contribution < 1.29 is 14.3 Å². The Morgan fingerprint density at radius 1 is 1.35 bits per heavy atom. The molecule has 23 heavy (non-hydrogen) atoms. The van der Waals surface area contributed by atoms with Crippen LogP contribution in [0.4, 0.5) is 0 Å². The molecule has 5 nitrogen and oxygen atoms in total. The van der Waals surface area contributed by atoms with Crippen LogP contribution in [0.1, 0.15) is 30.1 Å². The summed E-state index contributed by atoms with van der Waals surface area (Å²) in [6.45, 7) is 4.15. The summed E-state index contributed by atoms with van der Waals surface area (Å²) in [4.78, 5) is 25.8. The molecule has 1 saturated heterocycles. The molecule has 1 amide bonds. The van der Waals surface area contributed by atoms with E-state index >= 15 is 0 Å². The third kappa shape index (κ3) is 3.09. The molecule has 0 radical (unpaired) electrons. The molecule has 0 aliphatic carbocycles. The van der Waals surface area contributed by atoms with Gasteiger partial charge in [-0.25, -0.2) is 0 Å². The molecule has 2 heterocycles. The molecule has 0 saturated carbocycles. The first-order valence-electron chi connectivity index (χ1n) is 8.02. The predicted molar refractivity (Wildman–Crippen MR) is 88.9 cm³/mol. The molecule has 1 aromatic heterocycles. The predicted octanol–water partition coefficient (Wildman–Crippen LogP) is 2.72. The zero-order valence-corrected chi connectivity index (χ0v) is 13.6. The van der Waals surface area contributed by atoms with Crippen molar-refractivity contribution in [2.24, 2.45) is 5.92 Å². The Morgan fingerprint density at radius 3 is 2.74 bits per heavy atom. The van der Waals surface area contributed by atoms with Gasteiger partial charge in [-0.05, 0) is 37.0 Å². The number of rotatable bonds is 4. The summed E-state index contributed by atoms with van der Waals surface area (Å²) in [6, 6.07) is 5.58. The summed E-state index contributed by atoms with van der Waals surface area (Å²) >= 11 is 0. The zero-order chi connectivity index (χ0) is 16.4. The van der Waals surface area contributed by atoms with Crippen LogP contribution in [0, 0.1) is 5.92 Å². The molecule has 0 spiro atoms. The second-order valence-corrected chi connectivity index (χ2v) is 6.28. The average molecular weight is 314 g/mol. The molecule has 1 fully saturated rings. The van der Waals surface area contributed by atoms with Gasteiger partial charge in [0.05, 0.1) is 7.11 Å². The third-order valence-corrected chi connectivity index (χ3v) is 4.69. The van der Waals surface area contributed by atoms with Crippen LogP contribution >= 0.6 is 0 Å². The van der Waals surface area contributed by atoms with Gasteiger partial charge in [0.15, 0.2) is 6.29 Å². The fourth-order valence-electron chi connectivity index (χ4n) is 3.16. The molecule has 5 heteroatoms. The number of ether oxygens (including phenoxy) is 1. The van der Waals surface area contributed by atoms with E-state index in [9.17, 15) is 9.59 Å². The zero-order valence-electron chi connectivity index (χ0n) is 13.6. The van der Waals surface area contributed by atoms with Gasteiger partial charge in [-0.3, -0.25) is 9.59 Å². The standard InChI is InChI=1S/C18H22N2O3/c1-13-5-7-19(8-6-13)18(22)11-20-10-14(12-21)16-9-15(23-2)3-4-17(16)20/h3-4,9-10,12-13H,5-8,11H2,1-2H3. The Bertz CT molecular complexity index is 727. The smallest absolute Gasteiger partial charge is 0.242 e. The molecule has 3 rings (SSSR count). The number of hydrogen-bond acceptors (Lipinski definition) is 3. The van der Waals surface area contributed by atoms with E-state index in [0.29, 0.717) is 17.2 Å². The highest BCUT2D eigenvalue weighted by Gasteiger charge is 2.21. The number of amides is 1. The lowest BCUT2D eigenvalue weighted by atomic mass is 9.99. The lowest BCUT2D eigenvalue weighted by Crippen LogP contribution is -2.39. The molecule has 0 atom stereocenters. The monoisotopic (exact) mass is 314 g/mol. The number of likely N-dealkylation sites (tertiary alicyclic amines) is 1. The number of benzene rings is 1. The molecule has 1 aliphatic heterocycles. The number of aldehydes is 1. The van der Waals surface area contributed by atoms with Gasteiger partial charge in [-0.15, -0.1) is 0 Å². The van der Waals surface area contributed by atoms with Gasteiger partial charge in [-0.1, -0.05) is 6.92 Å². The first-order valence-corrected chi connectivity index (χ1v) is 8.02. The minimum absolute atomic E-state index is 0.113. The van der Waals surface area contributed by atoms with Crippen molar-refractivity contribution in [3.63, 3.8) is 0 Å². The molecular formula is C18H22N2O3. The molecule has 122 valence electrons. The Balaban J connectivity index is 1.85. The Hall–Kier alpha value is -2.30. The number of carbonyl (C=O) groups excluding carboxylic acids is 2. The number of fused-ring (bicyclic) bond motifs is 1. The first-order chi connectivity index (χ1) is 11.1. The Labute approximate surface area is 135 Å². The van der Waals surface area contributed by atoms with Crippen molar-refractivity contribution >= 4 is 23.1 Å². The van der Waals surface area contributed by atoms with Crippen molar-refractivity contribution in [2.45, 2.75) is 26.3 Å². The summed E-state index contributed by atoms with van der Waals surface area (Å²) in [7, 11) is 1.60. The highest BCUT2D eigenvalue weighted by molar-refractivity contribution is 5.98. The second kappa shape index (κ2) is 6.44. The SMILES string of the molecule is COc1ccc2c(c1)c(C=O)cn2CC(=O)N1CCC(C)CC1. The molecule has 2 aromatic rings. The molecule has 0 N–H and O–H groups in total. The van der Waals surface area contributed by atoms with Gasteiger partial charge in [0.25, 0.3) is 0 Å². The summed E-state index contributed by atoms with van der Waals surface area (Å²) in [5.74, 6) is 1.51. The van der Waals surface area contributed by atoms with Gasteiger partial charge in [0.1, 0.15) is 12.3 Å². The number of piperidine rings is 1. The minimum atomic E-state index is 0.113. The largest absolute Gasteiger partial charge is 0.497 e. The number of methoxy groups -OCH3 is 1. The van der Waals surface area contributed by atoms with Gasteiger partial charge in [-0.2, -0.15) is 0 Å². The quantitative estimate of drug-likeness (QED) is 0.815. The van der Waals surface area contributed by atoms with E-state index < -0.39 is 0 Å². The van der Waals surface area contributed by atoms with Crippen molar-refractivity contribution in [1.82, 2.24) is 9.47 Å².